The van der Waals surface area contributed by atoms with Gasteiger partial charge in [-0.25, -0.2) is 17.6 Å². The topological polar surface area (TPSA) is 128 Å². The number of likely N-dealkylation sites (N-methyl/N-ethyl adjacent to an activating group) is 1. The van der Waals surface area contributed by atoms with E-state index in [9.17, 15) is 27.5 Å². The second-order valence-electron chi connectivity index (χ2n) is 9.69. The maximum absolute atomic E-state index is 13.6. The molecule has 1 aromatic heterocycles. The first-order chi connectivity index (χ1) is 19.0. The lowest BCUT2D eigenvalue weighted by Crippen LogP contribution is -2.50. The van der Waals surface area contributed by atoms with E-state index in [0.29, 0.717) is 5.69 Å². The smallest absolute Gasteiger partial charge is 0.321 e. The van der Waals surface area contributed by atoms with Gasteiger partial charge in [-0.15, -0.1) is 11.3 Å². The molecule has 13 heteroatoms. The molecule has 0 aliphatic carbocycles. The van der Waals surface area contributed by atoms with E-state index in [4.69, 9.17) is 4.74 Å². The van der Waals surface area contributed by atoms with Crippen molar-refractivity contribution in [2.24, 2.45) is 5.92 Å². The molecule has 3 atom stereocenters. The minimum Gasteiger partial charge on any atom is -0.487 e. The summed E-state index contributed by atoms with van der Waals surface area (Å²) in [5.41, 5.74) is 0.741. The number of nitrogens with one attached hydrogen (secondary N) is 2. The van der Waals surface area contributed by atoms with Crippen molar-refractivity contribution < 1.29 is 32.2 Å². The highest BCUT2D eigenvalue weighted by Gasteiger charge is 2.34. The van der Waals surface area contributed by atoms with Gasteiger partial charge in [0.1, 0.15) is 21.9 Å². The summed E-state index contributed by atoms with van der Waals surface area (Å²) in [6.45, 7) is 3.70. The Bertz CT molecular complexity index is 1450. The minimum atomic E-state index is -3.85. The number of halogens is 1. The molecule has 3 N–H and O–H groups in total. The zero-order chi connectivity index (χ0) is 29.0. The lowest BCUT2D eigenvalue weighted by molar-refractivity contribution is 0.0371. The van der Waals surface area contributed by atoms with Crippen LogP contribution in [-0.2, 0) is 10.0 Å². The van der Waals surface area contributed by atoms with Crippen molar-refractivity contribution in [3.8, 4) is 5.75 Å². The molecule has 1 aliphatic rings. The molecular formula is C27H31FN4O6S2. The number of ether oxygens (including phenoxy) is 1. The van der Waals surface area contributed by atoms with Crippen molar-refractivity contribution in [1.29, 1.82) is 0 Å². The summed E-state index contributed by atoms with van der Waals surface area (Å²) in [6, 6.07) is 12.0. The summed E-state index contributed by atoms with van der Waals surface area (Å²) >= 11 is 1.07. The normalized spacial score (nSPS) is 18.1. The number of amides is 3. The van der Waals surface area contributed by atoms with Crippen LogP contribution in [0.25, 0.3) is 0 Å². The van der Waals surface area contributed by atoms with Gasteiger partial charge >= 0.3 is 6.03 Å². The summed E-state index contributed by atoms with van der Waals surface area (Å²) in [6.07, 6.45) is -0.558. The number of aliphatic hydroxyl groups excluding tert-OH is 1. The second kappa shape index (κ2) is 12.2. The van der Waals surface area contributed by atoms with Crippen LogP contribution in [0.3, 0.4) is 0 Å². The molecule has 10 nitrogen and oxygen atoms in total. The van der Waals surface area contributed by atoms with E-state index >= 15 is 0 Å². The predicted octanol–water partition coefficient (Wildman–Crippen LogP) is 4.07. The SMILES string of the molecule is C[C@H](CO)N1C[C@H](C)[C@@H](CN(C)C(=O)Nc2ccc(F)cc2)Oc2ccc(NS(=O)(=O)c3cccs3)cc2C1=O. The highest BCUT2D eigenvalue weighted by Crippen LogP contribution is 2.32. The number of thiophene rings is 1. The number of sulfonamides is 1. The van der Waals surface area contributed by atoms with Gasteiger partial charge < -0.3 is 25.0 Å². The average Bonchev–Trinajstić information content (AvgIpc) is 3.48. The number of fused-ring (bicyclic) bond motifs is 1. The van der Waals surface area contributed by atoms with Gasteiger partial charge in [-0.2, -0.15) is 0 Å². The maximum Gasteiger partial charge on any atom is 0.321 e. The number of hydrogen-bond acceptors (Lipinski definition) is 7. The number of carbonyl (C=O) groups excluding carboxylic acids is 2. The molecule has 3 amide bonds. The van der Waals surface area contributed by atoms with Gasteiger partial charge in [-0.05, 0) is 60.8 Å². The van der Waals surface area contributed by atoms with Gasteiger partial charge in [0.15, 0.2) is 0 Å². The van der Waals surface area contributed by atoms with Crippen LogP contribution in [0, 0.1) is 11.7 Å². The van der Waals surface area contributed by atoms with Crippen LogP contribution in [0.4, 0.5) is 20.6 Å². The van der Waals surface area contributed by atoms with E-state index in [0.717, 1.165) is 11.3 Å². The molecule has 0 bridgehead atoms. The van der Waals surface area contributed by atoms with Crippen molar-refractivity contribution in [3.05, 3.63) is 71.4 Å². The van der Waals surface area contributed by atoms with Crippen molar-refractivity contribution in [2.75, 3.05) is 36.8 Å². The van der Waals surface area contributed by atoms with Crippen LogP contribution in [0.5, 0.6) is 5.75 Å². The monoisotopic (exact) mass is 590 g/mol. The molecule has 3 aromatic rings. The third-order valence-corrected chi connectivity index (χ3v) is 9.35. The second-order valence-corrected chi connectivity index (χ2v) is 12.5. The molecule has 0 saturated carbocycles. The van der Waals surface area contributed by atoms with Crippen molar-refractivity contribution in [3.63, 3.8) is 0 Å². The van der Waals surface area contributed by atoms with Gasteiger partial charge in [0.05, 0.1) is 24.8 Å². The summed E-state index contributed by atoms with van der Waals surface area (Å²) in [4.78, 5) is 29.4. The summed E-state index contributed by atoms with van der Waals surface area (Å²) < 4.78 is 47.6. The molecule has 1 aliphatic heterocycles. The van der Waals surface area contributed by atoms with E-state index < -0.39 is 39.9 Å². The number of urea groups is 1. The van der Waals surface area contributed by atoms with Crippen LogP contribution < -0.4 is 14.8 Å². The molecule has 0 saturated heterocycles. The Labute approximate surface area is 236 Å². The van der Waals surface area contributed by atoms with Crippen molar-refractivity contribution in [1.82, 2.24) is 9.80 Å². The zero-order valence-corrected chi connectivity index (χ0v) is 23.8. The molecule has 0 fully saturated rings. The fourth-order valence-electron chi connectivity index (χ4n) is 4.23. The first-order valence-corrected chi connectivity index (χ1v) is 14.9. The Morgan fingerprint density at radius 2 is 1.93 bits per heavy atom. The van der Waals surface area contributed by atoms with Gasteiger partial charge in [0, 0.05) is 30.9 Å². The average molecular weight is 591 g/mol. The van der Waals surface area contributed by atoms with Crippen LogP contribution in [-0.4, -0.2) is 74.2 Å². The Morgan fingerprint density at radius 1 is 1.23 bits per heavy atom. The largest absolute Gasteiger partial charge is 0.487 e. The molecule has 2 aromatic carbocycles. The fraction of sp³-hybridized carbons (Fsp3) is 0.333. The van der Waals surface area contributed by atoms with Crippen molar-refractivity contribution >= 4 is 44.7 Å². The molecule has 0 spiro atoms. The van der Waals surface area contributed by atoms with Gasteiger partial charge in [0.25, 0.3) is 15.9 Å². The van der Waals surface area contributed by atoms with Crippen LogP contribution in [0.1, 0.15) is 24.2 Å². The molecule has 0 unspecified atom stereocenters. The third-order valence-electron chi connectivity index (χ3n) is 6.57. The first-order valence-electron chi connectivity index (χ1n) is 12.5. The van der Waals surface area contributed by atoms with Crippen LogP contribution in [0.2, 0.25) is 0 Å². The minimum absolute atomic E-state index is 0.127. The van der Waals surface area contributed by atoms with Gasteiger partial charge in [-0.3, -0.25) is 9.52 Å². The Kier molecular flexibility index (Phi) is 8.96. The van der Waals surface area contributed by atoms with Gasteiger partial charge in [-0.1, -0.05) is 13.0 Å². The zero-order valence-electron chi connectivity index (χ0n) is 22.2. The quantitative estimate of drug-likeness (QED) is 0.363. The van der Waals surface area contributed by atoms with Crippen LogP contribution >= 0.6 is 11.3 Å². The van der Waals surface area contributed by atoms with E-state index in [2.05, 4.69) is 10.0 Å². The summed E-state index contributed by atoms with van der Waals surface area (Å²) in [5.74, 6) is -0.853. The number of benzene rings is 2. The predicted molar refractivity (Wildman–Crippen MR) is 151 cm³/mol. The standard InChI is InChI=1S/C27H31FN4O6S2/c1-17-14-32(18(2)16-33)26(34)22-13-21(30-40(36,37)25-5-4-12-39-25)10-11-23(22)38-24(17)15-31(3)27(35)29-20-8-6-19(28)7-9-20/h4-13,17-18,24,30,33H,14-16H2,1-3H3,(H,29,35)/t17-,18+,24+/m0/s1. The number of nitrogens with zero attached hydrogens (tertiary/aromatic N) is 2. The Hall–Kier alpha value is -3.68. The molecule has 2 heterocycles. The van der Waals surface area contributed by atoms with Crippen LogP contribution in [0.15, 0.2) is 64.2 Å². The lowest BCUT2D eigenvalue weighted by atomic mass is 9.99. The lowest BCUT2D eigenvalue weighted by Gasteiger charge is -2.38. The Balaban J connectivity index is 1.60. The molecule has 40 heavy (non-hydrogen) atoms. The first kappa shape index (κ1) is 29.3. The molecular weight excluding hydrogens is 559 g/mol. The third kappa shape index (κ3) is 6.72. The number of hydrogen-bond donors (Lipinski definition) is 3. The number of rotatable bonds is 8. The maximum atomic E-state index is 13.6. The summed E-state index contributed by atoms with van der Waals surface area (Å²) in [7, 11) is -2.25. The van der Waals surface area contributed by atoms with Crippen molar-refractivity contribution in [2.45, 2.75) is 30.2 Å². The number of anilines is 2. The number of carbonyl (C=O) groups is 2. The Morgan fingerprint density at radius 3 is 2.58 bits per heavy atom. The van der Waals surface area contributed by atoms with E-state index in [1.165, 1.54) is 58.3 Å². The van der Waals surface area contributed by atoms with E-state index in [-0.39, 0.29) is 46.8 Å². The number of aliphatic hydroxyl groups is 1. The highest BCUT2D eigenvalue weighted by atomic mass is 32.2. The summed E-state index contributed by atoms with van der Waals surface area (Å²) in [5, 5.41) is 14.2. The van der Waals surface area contributed by atoms with Gasteiger partial charge in [0.2, 0.25) is 0 Å². The molecule has 4 rings (SSSR count). The fourth-order valence-corrected chi connectivity index (χ4v) is 6.27. The molecule has 214 valence electrons. The van der Waals surface area contributed by atoms with E-state index in [1.54, 1.807) is 25.4 Å². The highest BCUT2D eigenvalue weighted by molar-refractivity contribution is 7.94. The van der Waals surface area contributed by atoms with E-state index in [1.807, 2.05) is 6.92 Å². The molecule has 0 radical (unpaired) electrons.